The molecular weight excluding hydrogens is 1120 g/mol. The fourth-order valence-corrected chi connectivity index (χ4v) is 15.2. The van der Waals surface area contributed by atoms with Crippen molar-refractivity contribution < 1.29 is 32.9 Å². The van der Waals surface area contributed by atoms with Crippen LogP contribution in [0.4, 0.5) is 17.6 Å². The number of nitrogens with zero attached hydrogens (tertiary/aromatic N) is 5. The molecule has 5 fully saturated rings. The number of imidazole rings is 4. The molecule has 5 saturated carbocycles. The molecule has 11 nitrogen and oxygen atoms in total. The third-order valence-electron chi connectivity index (χ3n) is 20.3. The maximum Gasteiger partial charge on any atom is 0.131 e. The summed E-state index contributed by atoms with van der Waals surface area (Å²) in [7, 11) is 0. The van der Waals surface area contributed by atoms with Gasteiger partial charge in [0.2, 0.25) is 0 Å². The van der Waals surface area contributed by atoms with Crippen LogP contribution in [0.2, 0.25) is 0 Å². The molecule has 1 aliphatic heterocycles. The van der Waals surface area contributed by atoms with Crippen molar-refractivity contribution >= 4 is 6.08 Å². The van der Waals surface area contributed by atoms with Gasteiger partial charge in [0.1, 0.15) is 23.6 Å². The van der Waals surface area contributed by atoms with Gasteiger partial charge in [-0.05, 0) is 148 Å². The zero-order chi connectivity index (χ0) is 61.5. The Morgan fingerprint density at radius 2 is 1.07 bits per heavy atom. The van der Waals surface area contributed by atoms with Gasteiger partial charge in [0.15, 0.2) is 0 Å². The lowest BCUT2D eigenvalue weighted by Crippen LogP contribution is -2.26. The lowest BCUT2D eigenvalue weighted by molar-refractivity contribution is 0.0641. The molecule has 7 atom stereocenters. The van der Waals surface area contributed by atoms with Crippen LogP contribution in [0.1, 0.15) is 182 Å². The van der Waals surface area contributed by atoms with Gasteiger partial charge in [-0.2, -0.15) is 0 Å². The van der Waals surface area contributed by atoms with Crippen LogP contribution in [0.15, 0.2) is 135 Å². The lowest BCUT2D eigenvalue weighted by atomic mass is 9.82. The monoisotopic (exact) mass is 1210 g/mol. The number of halogens is 4. The van der Waals surface area contributed by atoms with Crippen LogP contribution in [0, 0.1) is 47.0 Å². The molecule has 89 heavy (non-hydrogen) atoms. The first-order chi connectivity index (χ1) is 43.6. The summed E-state index contributed by atoms with van der Waals surface area (Å²) in [6, 6.07) is 24.0. The van der Waals surface area contributed by atoms with E-state index in [-0.39, 0.29) is 53.5 Å². The van der Waals surface area contributed by atoms with Gasteiger partial charge in [0.25, 0.3) is 0 Å². The van der Waals surface area contributed by atoms with Crippen LogP contribution >= 0.6 is 0 Å². The third-order valence-corrected chi connectivity index (χ3v) is 20.3. The zero-order valence-corrected chi connectivity index (χ0v) is 51.4. The molecule has 0 spiro atoms. The number of aromatic amines is 3. The molecule has 472 valence electrons. The fourth-order valence-electron chi connectivity index (χ4n) is 15.2. The molecule has 4 aromatic carbocycles. The molecule has 14 rings (SSSR count). The minimum atomic E-state index is -0.675. The van der Waals surface area contributed by atoms with Crippen molar-refractivity contribution in [1.82, 2.24) is 39.5 Å². The lowest BCUT2D eigenvalue weighted by Gasteiger charge is -2.32. The highest BCUT2D eigenvalue weighted by molar-refractivity contribution is 5.73. The third kappa shape index (κ3) is 16.2. The molecule has 0 saturated heterocycles. The highest BCUT2D eigenvalue weighted by Crippen LogP contribution is 2.55. The summed E-state index contributed by atoms with van der Waals surface area (Å²) in [6.45, 7) is 0. The van der Waals surface area contributed by atoms with E-state index >= 15 is 0 Å². The number of fused-ring (bicyclic) bond motifs is 3. The molecule has 5 heterocycles. The Kier molecular flexibility index (Phi) is 22.3. The summed E-state index contributed by atoms with van der Waals surface area (Å²) in [4.78, 5) is 25.5. The number of rotatable bonds is 16. The molecule has 8 aromatic rings. The second-order valence-corrected chi connectivity index (χ2v) is 26.1. The van der Waals surface area contributed by atoms with Gasteiger partial charge in [0.05, 0.1) is 91.2 Å². The van der Waals surface area contributed by atoms with E-state index in [9.17, 15) is 32.9 Å². The van der Waals surface area contributed by atoms with Crippen molar-refractivity contribution in [2.45, 2.75) is 197 Å². The quantitative estimate of drug-likeness (QED) is 0.0524. The van der Waals surface area contributed by atoms with Gasteiger partial charge in [-0.3, -0.25) is 0 Å². The maximum atomic E-state index is 14.8. The number of alkyl halides is 1. The Morgan fingerprint density at radius 3 is 1.70 bits per heavy atom. The Morgan fingerprint density at radius 1 is 0.539 bits per heavy atom. The second-order valence-electron chi connectivity index (χ2n) is 26.1. The van der Waals surface area contributed by atoms with Crippen LogP contribution in [-0.2, 0) is 12.8 Å². The summed E-state index contributed by atoms with van der Waals surface area (Å²) in [5.41, 5.74) is 10.5. The first kappa shape index (κ1) is 63.6. The van der Waals surface area contributed by atoms with Crippen molar-refractivity contribution in [1.29, 1.82) is 0 Å². The fraction of sp³-hybridized carbons (Fsp3) is 0.486. The first-order valence-electron chi connectivity index (χ1n) is 33.4. The van der Waals surface area contributed by atoms with Gasteiger partial charge in [0, 0.05) is 39.4 Å². The average molecular weight is 1220 g/mol. The largest absolute Gasteiger partial charge is 0.393 e. The topological polar surface area (TPSA) is 165 Å². The van der Waals surface area contributed by atoms with Crippen molar-refractivity contribution in [3.05, 3.63) is 175 Å². The molecule has 15 heteroatoms. The molecule has 4 aromatic heterocycles. The van der Waals surface area contributed by atoms with Gasteiger partial charge < -0.3 is 34.8 Å². The molecule has 6 aliphatic rings. The first-order valence-corrected chi connectivity index (χ1v) is 33.4. The van der Waals surface area contributed by atoms with Crippen LogP contribution in [0.25, 0.3) is 51.1 Å². The van der Waals surface area contributed by atoms with E-state index in [0.29, 0.717) is 48.1 Å². The Hall–Kier alpha value is -6.94. The number of aromatic nitrogens is 8. The van der Waals surface area contributed by atoms with Crippen molar-refractivity contribution in [3.8, 4) is 45.0 Å². The number of aliphatic hydroxyl groups is 3. The smallest absolute Gasteiger partial charge is 0.131 e. The second kappa shape index (κ2) is 31.2. The van der Waals surface area contributed by atoms with E-state index in [1.54, 1.807) is 67.9 Å². The van der Waals surface area contributed by atoms with Crippen LogP contribution in [-0.4, -0.2) is 79.3 Å². The minimum Gasteiger partial charge on any atom is -0.393 e. The Labute approximate surface area is 522 Å². The van der Waals surface area contributed by atoms with Gasteiger partial charge in [-0.25, -0.2) is 37.5 Å². The summed E-state index contributed by atoms with van der Waals surface area (Å²) in [5.74, 6) is 1.04. The van der Waals surface area contributed by atoms with Crippen LogP contribution in [0.3, 0.4) is 0 Å². The Balaban J connectivity index is 0.000000122. The molecular formula is C74H90F4N8O3. The van der Waals surface area contributed by atoms with Crippen LogP contribution < -0.4 is 0 Å². The van der Waals surface area contributed by atoms with Crippen molar-refractivity contribution in [2.75, 3.05) is 0 Å². The number of hydrogen-bond acceptors (Lipinski definition) is 7. The minimum absolute atomic E-state index is 0.131. The van der Waals surface area contributed by atoms with E-state index in [1.165, 1.54) is 106 Å². The summed E-state index contributed by atoms with van der Waals surface area (Å²) in [6.07, 6.45) is 42.3. The summed E-state index contributed by atoms with van der Waals surface area (Å²) < 4.78 is 59.9. The molecule has 0 radical (unpaired) electrons. The number of H-pyrrole nitrogens is 3. The maximum absolute atomic E-state index is 14.8. The predicted molar refractivity (Wildman–Crippen MR) is 344 cm³/mol. The molecule has 6 N–H and O–H groups in total. The van der Waals surface area contributed by atoms with E-state index in [4.69, 9.17) is 0 Å². The SMILES string of the molecule is FC(CC1Cc2ccccc2-c2cncn21)C1CCCCC1.OC(/C=C/c1c(F)cccc1-c1cnc[nH]1)C1CCCCC1.OC(C1CCCCC1)C1CC1c1c(F)cccc1-c1cnc[nH]1.OC(CCc1c(F)cccc1-c1cnc[nH]1)C1CCCCC1. The molecule has 7 unspecified atom stereocenters. The number of benzene rings is 4. The van der Waals surface area contributed by atoms with E-state index < -0.39 is 12.3 Å². The zero-order valence-electron chi connectivity index (χ0n) is 51.4. The standard InChI is InChI=1S/C19H23FN2O.C19H23FN2.C18H23FN2O.C18H21FN2O/c20-16-8-4-7-13(17-10-21-11-22-17)18(16)14-9-15(14)19(23)12-5-2-1-3-6-12;20-18(14-6-2-1-3-7-14)11-16-10-15-8-4-5-9-17(15)19-12-21-13-22(16)19;2*19-16-8-4-7-15(17-11-20-12-21-17)14(16)9-10-18(22)13-5-2-1-3-6-13/h4,7-8,10-12,14-15,19,23H,1-3,5-6,9H2,(H,21,22);4-5,8-9,12-14,16,18H,1-3,6-7,10-11H2;4,7-8,11-13,18,22H,1-3,5-6,9-10H2,(H,20,21);4,7-13,18,22H,1-3,5-6H2,(H,20,21)/b;;;10-9+. The number of nitrogens with one attached hydrogen (secondary N) is 3. The predicted octanol–water partition coefficient (Wildman–Crippen LogP) is 17.5. The van der Waals surface area contributed by atoms with Gasteiger partial charge in [-0.1, -0.05) is 150 Å². The summed E-state index contributed by atoms with van der Waals surface area (Å²) in [5, 5.41) is 31.4. The van der Waals surface area contributed by atoms with E-state index in [0.717, 1.165) is 109 Å². The normalized spacial score (nSPS) is 21.2. The number of aliphatic hydroxyl groups excluding tert-OH is 3. The van der Waals surface area contributed by atoms with Gasteiger partial charge in [-0.15, -0.1) is 0 Å². The molecule has 5 aliphatic carbocycles. The highest BCUT2D eigenvalue weighted by atomic mass is 19.1. The van der Waals surface area contributed by atoms with Gasteiger partial charge >= 0.3 is 0 Å². The highest BCUT2D eigenvalue weighted by Gasteiger charge is 2.48. The van der Waals surface area contributed by atoms with Crippen LogP contribution in [0.5, 0.6) is 0 Å². The van der Waals surface area contributed by atoms with Crippen molar-refractivity contribution in [3.63, 3.8) is 0 Å². The van der Waals surface area contributed by atoms with E-state index in [2.05, 4.69) is 63.7 Å². The molecule has 0 bridgehead atoms. The Bertz CT molecular complexity index is 3440. The molecule has 0 amide bonds. The van der Waals surface area contributed by atoms with Crippen molar-refractivity contribution in [2.24, 2.45) is 29.6 Å². The average Bonchev–Trinajstić information content (AvgIpc) is 1.97. The van der Waals surface area contributed by atoms with E-state index in [1.807, 2.05) is 30.7 Å². The number of hydrogen-bond donors (Lipinski definition) is 6. The summed E-state index contributed by atoms with van der Waals surface area (Å²) >= 11 is 0.